The van der Waals surface area contributed by atoms with Crippen LogP contribution >= 0.6 is 11.3 Å². The Balaban J connectivity index is 1.72. The highest BCUT2D eigenvalue weighted by atomic mass is 32.1. The van der Waals surface area contributed by atoms with Gasteiger partial charge in [0.1, 0.15) is 17.0 Å². The van der Waals surface area contributed by atoms with Crippen LogP contribution in [0.3, 0.4) is 0 Å². The summed E-state index contributed by atoms with van der Waals surface area (Å²) in [5.74, 6) is 1.04. The molecule has 120 valence electrons. The Bertz CT molecular complexity index is 742. The molecule has 3 rings (SSSR count). The van der Waals surface area contributed by atoms with Crippen LogP contribution in [0.15, 0.2) is 12.4 Å². The Morgan fingerprint density at radius 2 is 2.13 bits per heavy atom. The van der Waals surface area contributed by atoms with Crippen molar-refractivity contribution in [2.75, 3.05) is 31.1 Å². The molecule has 1 saturated heterocycles. The number of hydrogen-bond donors (Lipinski definition) is 0. The van der Waals surface area contributed by atoms with Crippen molar-refractivity contribution in [2.24, 2.45) is 0 Å². The van der Waals surface area contributed by atoms with Gasteiger partial charge in [-0.3, -0.25) is 4.79 Å². The highest BCUT2D eigenvalue weighted by Crippen LogP contribution is 2.30. The molecule has 2 aromatic rings. The van der Waals surface area contributed by atoms with Gasteiger partial charge in [0.25, 0.3) is 0 Å². The summed E-state index contributed by atoms with van der Waals surface area (Å²) in [6, 6.07) is 4.21. The highest BCUT2D eigenvalue weighted by molar-refractivity contribution is 7.18. The zero-order valence-corrected chi connectivity index (χ0v) is 14.0. The fourth-order valence-electron chi connectivity index (χ4n) is 2.81. The number of fused-ring (bicyclic) bond motifs is 1. The number of aromatic nitrogens is 2. The van der Waals surface area contributed by atoms with E-state index in [2.05, 4.69) is 27.9 Å². The van der Waals surface area contributed by atoms with Gasteiger partial charge >= 0.3 is 0 Å². The summed E-state index contributed by atoms with van der Waals surface area (Å²) < 4.78 is 0. The molecule has 0 radical (unpaired) electrons. The van der Waals surface area contributed by atoms with E-state index in [0.717, 1.165) is 35.5 Å². The van der Waals surface area contributed by atoms with Crippen molar-refractivity contribution >= 4 is 33.3 Å². The molecule has 23 heavy (non-hydrogen) atoms. The first kappa shape index (κ1) is 15.7. The number of hydrogen-bond acceptors (Lipinski definition) is 6. The van der Waals surface area contributed by atoms with E-state index in [1.165, 1.54) is 4.88 Å². The molecule has 7 heteroatoms. The van der Waals surface area contributed by atoms with Crippen molar-refractivity contribution < 1.29 is 4.79 Å². The Morgan fingerprint density at radius 3 is 2.83 bits per heavy atom. The van der Waals surface area contributed by atoms with Gasteiger partial charge in [-0.15, -0.1) is 11.3 Å². The maximum absolute atomic E-state index is 12.0. The fraction of sp³-hybridized carbons (Fsp3) is 0.500. The van der Waals surface area contributed by atoms with Gasteiger partial charge in [-0.25, -0.2) is 9.97 Å². The number of rotatable bonds is 4. The standard InChI is InChI=1S/C16H19N5OS/c1-2-12-10-13-15(18-11-19-16(13)23-12)21-8-6-20(7-9-21)14(22)4-3-5-17/h10-11H,2-4,6-9H2,1H3. The van der Waals surface area contributed by atoms with Gasteiger partial charge in [0.2, 0.25) is 5.91 Å². The van der Waals surface area contributed by atoms with Crippen LogP contribution in [-0.4, -0.2) is 47.0 Å². The van der Waals surface area contributed by atoms with E-state index in [4.69, 9.17) is 5.26 Å². The fourth-order valence-corrected chi connectivity index (χ4v) is 3.74. The van der Waals surface area contributed by atoms with Gasteiger partial charge in [-0.05, 0) is 12.5 Å². The average molecular weight is 329 g/mol. The summed E-state index contributed by atoms with van der Waals surface area (Å²) in [5, 5.41) is 9.69. The van der Waals surface area contributed by atoms with Gasteiger partial charge in [-0.1, -0.05) is 6.92 Å². The molecule has 0 atom stereocenters. The van der Waals surface area contributed by atoms with Gasteiger partial charge in [-0.2, -0.15) is 5.26 Å². The van der Waals surface area contributed by atoms with E-state index in [0.29, 0.717) is 25.9 Å². The summed E-state index contributed by atoms with van der Waals surface area (Å²) in [6.07, 6.45) is 3.23. The second-order valence-electron chi connectivity index (χ2n) is 5.51. The van der Waals surface area contributed by atoms with Crippen molar-refractivity contribution in [3.8, 4) is 6.07 Å². The first-order valence-electron chi connectivity index (χ1n) is 7.86. The smallest absolute Gasteiger partial charge is 0.223 e. The summed E-state index contributed by atoms with van der Waals surface area (Å²) in [6.45, 7) is 5.04. The molecule has 0 aliphatic carbocycles. The number of aryl methyl sites for hydroxylation is 1. The normalized spacial score (nSPS) is 15.0. The van der Waals surface area contributed by atoms with E-state index >= 15 is 0 Å². The Morgan fingerprint density at radius 1 is 1.35 bits per heavy atom. The molecule has 0 spiro atoms. The molecule has 1 amide bonds. The maximum Gasteiger partial charge on any atom is 0.223 e. The Labute approximate surface area is 139 Å². The van der Waals surface area contributed by atoms with Gasteiger partial charge in [0.05, 0.1) is 11.5 Å². The third-order valence-electron chi connectivity index (χ3n) is 4.09. The summed E-state index contributed by atoms with van der Waals surface area (Å²) in [7, 11) is 0. The number of carbonyl (C=O) groups is 1. The molecule has 0 unspecified atom stereocenters. The van der Waals surface area contributed by atoms with E-state index in [9.17, 15) is 4.79 Å². The minimum Gasteiger partial charge on any atom is -0.352 e. The number of nitrogens with zero attached hydrogens (tertiary/aromatic N) is 5. The van der Waals surface area contributed by atoms with E-state index in [-0.39, 0.29) is 5.91 Å². The number of thiophene rings is 1. The second kappa shape index (κ2) is 6.92. The SMILES string of the molecule is CCc1cc2c(N3CCN(C(=O)CCC#N)CC3)ncnc2s1. The van der Waals surface area contributed by atoms with Crippen molar-refractivity contribution in [3.05, 3.63) is 17.3 Å². The summed E-state index contributed by atoms with van der Waals surface area (Å²) in [5.41, 5.74) is 0. The molecule has 0 N–H and O–H groups in total. The van der Waals surface area contributed by atoms with Crippen molar-refractivity contribution in [1.29, 1.82) is 5.26 Å². The number of nitriles is 1. The number of piperazine rings is 1. The van der Waals surface area contributed by atoms with Crippen LogP contribution in [0, 0.1) is 11.3 Å². The molecule has 0 saturated carbocycles. The molecular formula is C16H19N5OS. The van der Waals surface area contributed by atoms with Gasteiger partial charge in [0.15, 0.2) is 0 Å². The number of amides is 1. The molecule has 1 fully saturated rings. The molecular weight excluding hydrogens is 310 g/mol. The van der Waals surface area contributed by atoms with Crippen LogP contribution in [0.2, 0.25) is 0 Å². The van der Waals surface area contributed by atoms with Crippen molar-refractivity contribution in [3.63, 3.8) is 0 Å². The van der Waals surface area contributed by atoms with Crippen LogP contribution in [-0.2, 0) is 11.2 Å². The lowest BCUT2D eigenvalue weighted by atomic mass is 10.2. The number of anilines is 1. The lowest BCUT2D eigenvalue weighted by Gasteiger charge is -2.35. The Kier molecular flexibility index (Phi) is 4.72. The zero-order valence-electron chi connectivity index (χ0n) is 13.2. The Hall–Kier alpha value is -2.20. The first-order chi connectivity index (χ1) is 11.2. The van der Waals surface area contributed by atoms with Crippen LogP contribution < -0.4 is 4.90 Å². The third kappa shape index (κ3) is 3.27. The average Bonchev–Trinajstić information content (AvgIpc) is 3.03. The molecule has 6 nitrogen and oxygen atoms in total. The largest absolute Gasteiger partial charge is 0.352 e. The third-order valence-corrected chi connectivity index (χ3v) is 5.28. The van der Waals surface area contributed by atoms with Crippen molar-refractivity contribution in [2.45, 2.75) is 26.2 Å². The van der Waals surface area contributed by atoms with Gasteiger partial charge in [0, 0.05) is 43.9 Å². The van der Waals surface area contributed by atoms with Crippen LogP contribution in [0.1, 0.15) is 24.6 Å². The van der Waals surface area contributed by atoms with Crippen LogP contribution in [0.4, 0.5) is 5.82 Å². The van der Waals surface area contributed by atoms with Crippen LogP contribution in [0.25, 0.3) is 10.2 Å². The van der Waals surface area contributed by atoms with E-state index in [1.807, 2.05) is 11.0 Å². The molecule has 1 aliphatic heterocycles. The lowest BCUT2D eigenvalue weighted by molar-refractivity contribution is -0.131. The zero-order chi connectivity index (χ0) is 16.2. The highest BCUT2D eigenvalue weighted by Gasteiger charge is 2.23. The molecule has 1 aliphatic rings. The van der Waals surface area contributed by atoms with E-state index in [1.54, 1.807) is 17.7 Å². The monoisotopic (exact) mass is 329 g/mol. The first-order valence-corrected chi connectivity index (χ1v) is 8.67. The summed E-state index contributed by atoms with van der Waals surface area (Å²) in [4.78, 5) is 27.2. The number of carbonyl (C=O) groups excluding carboxylic acids is 1. The minimum absolute atomic E-state index is 0.0721. The molecule has 0 aromatic carbocycles. The predicted molar refractivity (Wildman–Crippen MR) is 90.4 cm³/mol. The topological polar surface area (TPSA) is 73.1 Å². The maximum atomic E-state index is 12.0. The lowest BCUT2D eigenvalue weighted by Crippen LogP contribution is -2.49. The second-order valence-corrected chi connectivity index (χ2v) is 6.62. The quantitative estimate of drug-likeness (QED) is 0.860. The summed E-state index contributed by atoms with van der Waals surface area (Å²) >= 11 is 1.72. The van der Waals surface area contributed by atoms with Gasteiger partial charge < -0.3 is 9.80 Å². The van der Waals surface area contributed by atoms with Crippen LogP contribution in [0.5, 0.6) is 0 Å². The van der Waals surface area contributed by atoms with E-state index < -0.39 is 0 Å². The predicted octanol–water partition coefficient (Wildman–Crippen LogP) is 2.21. The van der Waals surface area contributed by atoms with Crippen molar-refractivity contribution in [1.82, 2.24) is 14.9 Å². The minimum atomic E-state index is 0.0721. The molecule has 0 bridgehead atoms. The molecule has 3 heterocycles. The molecule has 2 aromatic heterocycles.